The van der Waals surface area contributed by atoms with Crippen molar-refractivity contribution in [3.63, 3.8) is 0 Å². The van der Waals surface area contributed by atoms with Crippen LogP contribution in [0.1, 0.15) is 39.5 Å². The minimum atomic E-state index is -0.175. The first-order valence-electron chi connectivity index (χ1n) is 6.11. The SMILES string of the molecule is CCOC(=O)C(C)NCCCCCCSC. The highest BCUT2D eigenvalue weighted by molar-refractivity contribution is 7.98. The van der Waals surface area contributed by atoms with Crippen molar-refractivity contribution < 1.29 is 9.53 Å². The molecule has 0 fully saturated rings. The molecule has 1 unspecified atom stereocenters. The van der Waals surface area contributed by atoms with E-state index in [1.54, 1.807) is 0 Å². The third kappa shape index (κ3) is 9.04. The zero-order valence-corrected chi connectivity index (χ0v) is 11.6. The fourth-order valence-electron chi connectivity index (χ4n) is 1.39. The molecule has 0 aliphatic carbocycles. The van der Waals surface area contributed by atoms with Crippen LogP contribution in [0.5, 0.6) is 0 Å². The molecule has 0 aliphatic rings. The maximum Gasteiger partial charge on any atom is 0.322 e. The lowest BCUT2D eigenvalue weighted by molar-refractivity contribution is -0.145. The predicted molar refractivity (Wildman–Crippen MR) is 70.9 cm³/mol. The van der Waals surface area contributed by atoms with Crippen molar-refractivity contribution in [2.45, 2.75) is 45.6 Å². The highest BCUT2D eigenvalue weighted by Gasteiger charge is 2.11. The quantitative estimate of drug-likeness (QED) is 0.475. The molecule has 16 heavy (non-hydrogen) atoms. The number of rotatable bonds is 10. The first-order valence-corrected chi connectivity index (χ1v) is 7.50. The number of nitrogens with one attached hydrogen (secondary N) is 1. The van der Waals surface area contributed by atoms with Crippen LogP contribution in [0.2, 0.25) is 0 Å². The number of thioether (sulfide) groups is 1. The Hall–Kier alpha value is -0.220. The minimum Gasteiger partial charge on any atom is -0.465 e. The molecule has 0 saturated heterocycles. The van der Waals surface area contributed by atoms with Gasteiger partial charge in [-0.1, -0.05) is 12.8 Å². The molecule has 0 aliphatic heterocycles. The van der Waals surface area contributed by atoms with Gasteiger partial charge in [0.05, 0.1) is 6.61 Å². The fraction of sp³-hybridized carbons (Fsp3) is 0.917. The number of esters is 1. The van der Waals surface area contributed by atoms with E-state index in [9.17, 15) is 4.79 Å². The molecule has 0 heterocycles. The van der Waals surface area contributed by atoms with Crippen LogP contribution in [0, 0.1) is 0 Å². The zero-order valence-electron chi connectivity index (χ0n) is 10.8. The summed E-state index contributed by atoms with van der Waals surface area (Å²) in [5.41, 5.74) is 0. The van der Waals surface area contributed by atoms with E-state index in [1.165, 1.54) is 25.0 Å². The van der Waals surface area contributed by atoms with Crippen LogP contribution in [-0.4, -0.2) is 37.2 Å². The van der Waals surface area contributed by atoms with Crippen LogP contribution in [0.15, 0.2) is 0 Å². The number of carbonyl (C=O) groups is 1. The number of hydrogen-bond acceptors (Lipinski definition) is 4. The van der Waals surface area contributed by atoms with E-state index >= 15 is 0 Å². The van der Waals surface area contributed by atoms with Crippen LogP contribution in [0.4, 0.5) is 0 Å². The van der Waals surface area contributed by atoms with Crippen molar-refractivity contribution in [2.75, 3.05) is 25.2 Å². The summed E-state index contributed by atoms with van der Waals surface area (Å²) in [5, 5.41) is 3.18. The van der Waals surface area contributed by atoms with Gasteiger partial charge in [0.2, 0.25) is 0 Å². The highest BCUT2D eigenvalue weighted by Crippen LogP contribution is 2.04. The summed E-state index contributed by atoms with van der Waals surface area (Å²) >= 11 is 1.90. The summed E-state index contributed by atoms with van der Waals surface area (Å²) in [6, 6.07) is -0.175. The van der Waals surface area contributed by atoms with Gasteiger partial charge in [-0.3, -0.25) is 4.79 Å². The molecule has 0 spiro atoms. The van der Waals surface area contributed by atoms with Crippen molar-refractivity contribution >= 4 is 17.7 Å². The second kappa shape index (κ2) is 11.3. The molecular formula is C12H25NO2S. The molecule has 96 valence electrons. The van der Waals surface area contributed by atoms with Crippen molar-refractivity contribution in [3.8, 4) is 0 Å². The first kappa shape index (κ1) is 15.8. The van der Waals surface area contributed by atoms with Crippen LogP contribution in [0.25, 0.3) is 0 Å². The molecule has 0 saturated carbocycles. The lowest BCUT2D eigenvalue weighted by Gasteiger charge is -2.12. The van der Waals surface area contributed by atoms with Crippen molar-refractivity contribution in [1.29, 1.82) is 0 Å². The molecule has 4 heteroatoms. The van der Waals surface area contributed by atoms with Crippen LogP contribution >= 0.6 is 11.8 Å². The second-order valence-electron chi connectivity index (χ2n) is 3.83. The van der Waals surface area contributed by atoms with E-state index in [4.69, 9.17) is 4.74 Å². The second-order valence-corrected chi connectivity index (χ2v) is 4.82. The largest absolute Gasteiger partial charge is 0.465 e. The first-order chi connectivity index (χ1) is 7.72. The molecule has 1 atom stereocenters. The Bertz CT molecular complexity index is 176. The Balaban J connectivity index is 3.27. The summed E-state index contributed by atoms with van der Waals surface area (Å²) in [4.78, 5) is 11.3. The molecular weight excluding hydrogens is 222 g/mol. The topological polar surface area (TPSA) is 38.3 Å². The summed E-state index contributed by atoms with van der Waals surface area (Å²) < 4.78 is 4.91. The van der Waals surface area contributed by atoms with Gasteiger partial charge in [0.15, 0.2) is 0 Å². The lowest BCUT2D eigenvalue weighted by atomic mass is 10.2. The maximum absolute atomic E-state index is 11.3. The van der Waals surface area contributed by atoms with Crippen molar-refractivity contribution in [3.05, 3.63) is 0 Å². The molecule has 1 N–H and O–H groups in total. The van der Waals surface area contributed by atoms with Crippen molar-refractivity contribution in [2.24, 2.45) is 0 Å². The average molecular weight is 247 g/mol. The number of hydrogen-bond donors (Lipinski definition) is 1. The van der Waals surface area contributed by atoms with Gasteiger partial charge in [0.1, 0.15) is 6.04 Å². The van der Waals surface area contributed by atoms with E-state index in [-0.39, 0.29) is 12.0 Å². The molecule has 0 bridgehead atoms. The lowest BCUT2D eigenvalue weighted by Crippen LogP contribution is -2.35. The van der Waals surface area contributed by atoms with E-state index in [2.05, 4.69) is 11.6 Å². The summed E-state index contributed by atoms with van der Waals surface area (Å²) in [7, 11) is 0. The Labute approximate surface area is 104 Å². The number of carbonyl (C=O) groups excluding carboxylic acids is 1. The molecule has 0 amide bonds. The summed E-state index contributed by atoms with van der Waals surface area (Å²) in [5.74, 6) is 1.11. The highest BCUT2D eigenvalue weighted by atomic mass is 32.2. The minimum absolute atomic E-state index is 0.148. The third-order valence-electron chi connectivity index (χ3n) is 2.37. The summed E-state index contributed by atoms with van der Waals surface area (Å²) in [6.07, 6.45) is 7.11. The van der Waals surface area contributed by atoms with E-state index in [1.807, 2.05) is 25.6 Å². The van der Waals surface area contributed by atoms with Gasteiger partial charge in [0.25, 0.3) is 0 Å². The van der Waals surface area contributed by atoms with E-state index in [0.717, 1.165) is 13.0 Å². The smallest absolute Gasteiger partial charge is 0.322 e. The Morgan fingerprint density at radius 2 is 2.00 bits per heavy atom. The third-order valence-corrected chi connectivity index (χ3v) is 3.06. The molecule has 0 aromatic carbocycles. The number of unbranched alkanes of at least 4 members (excludes halogenated alkanes) is 3. The zero-order chi connectivity index (χ0) is 12.2. The van der Waals surface area contributed by atoms with Gasteiger partial charge in [0, 0.05) is 0 Å². The van der Waals surface area contributed by atoms with Crippen LogP contribution < -0.4 is 5.32 Å². The molecule has 0 rings (SSSR count). The Kier molecular flexibility index (Phi) is 11.1. The average Bonchev–Trinajstić information content (AvgIpc) is 2.28. The molecule has 0 radical (unpaired) electrons. The van der Waals surface area contributed by atoms with Gasteiger partial charge in [-0.25, -0.2) is 0 Å². The van der Waals surface area contributed by atoms with Gasteiger partial charge < -0.3 is 10.1 Å². The molecule has 0 aromatic rings. The monoisotopic (exact) mass is 247 g/mol. The van der Waals surface area contributed by atoms with Crippen molar-refractivity contribution in [1.82, 2.24) is 5.32 Å². The summed E-state index contributed by atoms with van der Waals surface area (Å²) in [6.45, 7) is 5.04. The van der Waals surface area contributed by atoms with Gasteiger partial charge in [-0.2, -0.15) is 11.8 Å². The van der Waals surface area contributed by atoms with E-state index in [0.29, 0.717) is 6.61 Å². The van der Waals surface area contributed by atoms with Gasteiger partial charge in [-0.15, -0.1) is 0 Å². The van der Waals surface area contributed by atoms with Gasteiger partial charge in [-0.05, 0) is 45.2 Å². The number of ether oxygens (including phenoxy) is 1. The molecule has 3 nitrogen and oxygen atoms in total. The maximum atomic E-state index is 11.3. The normalized spacial score (nSPS) is 12.4. The predicted octanol–water partition coefficient (Wildman–Crippen LogP) is 2.45. The Morgan fingerprint density at radius 1 is 1.31 bits per heavy atom. The standard InChI is InChI=1S/C12H25NO2S/c1-4-15-12(14)11(2)13-9-7-5-6-8-10-16-3/h11,13H,4-10H2,1-3H3. The van der Waals surface area contributed by atoms with Gasteiger partial charge >= 0.3 is 5.97 Å². The fourth-order valence-corrected chi connectivity index (χ4v) is 1.89. The Morgan fingerprint density at radius 3 is 2.62 bits per heavy atom. The van der Waals surface area contributed by atoms with E-state index < -0.39 is 0 Å². The molecule has 0 aromatic heterocycles. The van der Waals surface area contributed by atoms with Crippen LogP contribution in [-0.2, 0) is 9.53 Å². The van der Waals surface area contributed by atoms with Crippen LogP contribution in [0.3, 0.4) is 0 Å².